The van der Waals surface area contributed by atoms with Gasteiger partial charge in [0.1, 0.15) is 0 Å². The lowest BCUT2D eigenvalue weighted by atomic mass is 10.1. The molecule has 0 amide bonds. The standard InChI is InChI=1S/C14H21N3O2/c1-17(10-13-6-3-7-19-13)9-11-4-2-5-12(8-11)14(15)16-18/h2,4-5,8,13,18H,3,6-7,9-10H2,1H3,(H2,15,16). The monoisotopic (exact) mass is 263 g/mol. The first-order valence-corrected chi connectivity index (χ1v) is 6.56. The number of nitrogens with two attached hydrogens (primary N) is 1. The lowest BCUT2D eigenvalue weighted by Crippen LogP contribution is -2.28. The second kappa shape index (κ2) is 6.54. The van der Waals surface area contributed by atoms with E-state index in [-0.39, 0.29) is 5.84 Å². The molecule has 1 unspecified atom stereocenters. The van der Waals surface area contributed by atoms with Crippen LogP contribution in [0, 0.1) is 0 Å². The van der Waals surface area contributed by atoms with Crippen LogP contribution in [0.25, 0.3) is 0 Å². The fourth-order valence-corrected chi connectivity index (χ4v) is 2.40. The zero-order valence-electron chi connectivity index (χ0n) is 11.2. The number of amidine groups is 1. The molecule has 0 bridgehead atoms. The largest absolute Gasteiger partial charge is 0.409 e. The van der Waals surface area contributed by atoms with Crippen LogP contribution in [0.4, 0.5) is 0 Å². The highest BCUT2D eigenvalue weighted by Crippen LogP contribution is 2.14. The molecule has 0 aliphatic carbocycles. The summed E-state index contributed by atoms with van der Waals surface area (Å²) >= 11 is 0. The van der Waals surface area contributed by atoms with Crippen LogP contribution in [-0.2, 0) is 11.3 Å². The molecule has 5 nitrogen and oxygen atoms in total. The molecule has 1 heterocycles. The van der Waals surface area contributed by atoms with E-state index in [1.54, 1.807) is 0 Å². The Morgan fingerprint density at radius 2 is 2.42 bits per heavy atom. The Labute approximate surface area is 113 Å². The minimum atomic E-state index is 0.142. The fourth-order valence-electron chi connectivity index (χ4n) is 2.40. The molecule has 1 aromatic rings. The molecule has 19 heavy (non-hydrogen) atoms. The van der Waals surface area contributed by atoms with Gasteiger partial charge in [-0.2, -0.15) is 0 Å². The Hall–Kier alpha value is -1.59. The van der Waals surface area contributed by atoms with Crippen LogP contribution in [0.15, 0.2) is 29.4 Å². The molecule has 5 heteroatoms. The highest BCUT2D eigenvalue weighted by atomic mass is 16.5. The molecular weight excluding hydrogens is 242 g/mol. The molecule has 1 atom stereocenters. The van der Waals surface area contributed by atoms with Crippen molar-refractivity contribution in [1.82, 2.24) is 4.90 Å². The molecule has 1 aliphatic heterocycles. The van der Waals surface area contributed by atoms with Crippen LogP contribution in [0.5, 0.6) is 0 Å². The van der Waals surface area contributed by atoms with Crippen molar-refractivity contribution in [3.8, 4) is 0 Å². The molecule has 104 valence electrons. The zero-order valence-corrected chi connectivity index (χ0v) is 11.2. The van der Waals surface area contributed by atoms with E-state index in [9.17, 15) is 0 Å². The number of rotatable bonds is 5. The maximum absolute atomic E-state index is 8.69. The first-order chi connectivity index (χ1) is 9.19. The van der Waals surface area contributed by atoms with Crippen molar-refractivity contribution < 1.29 is 9.94 Å². The van der Waals surface area contributed by atoms with E-state index in [1.165, 1.54) is 0 Å². The average Bonchev–Trinajstić information content (AvgIpc) is 2.90. The van der Waals surface area contributed by atoms with E-state index in [4.69, 9.17) is 15.7 Å². The van der Waals surface area contributed by atoms with Gasteiger partial charge < -0.3 is 15.7 Å². The van der Waals surface area contributed by atoms with Crippen molar-refractivity contribution in [2.75, 3.05) is 20.2 Å². The Bertz CT molecular complexity index is 442. The smallest absolute Gasteiger partial charge is 0.170 e. The van der Waals surface area contributed by atoms with Gasteiger partial charge in [-0.05, 0) is 31.5 Å². The molecule has 1 aromatic carbocycles. The quantitative estimate of drug-likeness (QED) is 0.364. The molecule has 1 fully saturated rings. The van der Waals surface area contributed by atoms with Crippen molar-refractivity contribution in [2.24, 2.45) is 10.9 Å². The summed E-state index contributed by atoms with van der Waals surface area (Å²) in [6.45, 7) is 2.65. The molecule has 0 saturated carbocycles. The summed E-state index contributed by atoms with van der Waals surface area (Å²) < 4.78 is 5.63. The van der Waals surface area contributed by atoms with Crippen LogP contribution in [0.2, 0.25) is 0 Å². The normalized spacial score (nSPS) is 20.1. The Kier molecular flexibility index (Phi) is 4.76. The molecule has 0 spiro atoms. The highest BCUT2D eigenvalue weighted by molar-refractivity contribution is 5.97. The third-order valence-electron chi connectivity index (χ3n) is 3.32. The summed E-state index contributed by atoms with van der Waals surface area (Å²) in [5, 5.41) is 11.7. The minimum absolute atomic E-state index is 0.142. The number of oxime groups is 1. The number of ether oxygens (including phenoxy) is 1. The first kappa shape index (κ1) is 13.8. The second-order valence-corrected chi connectivity index (χ2v) is 5.02. The zero-order chi connectivity index (χ0) is 13.7. The number of benzene rings is 1. The number of nitrogens with zero attached hydrogens (tertiary/aromatic N) is 2. The van der Waals surface area contributed by atoms with Crippen molar-refractivity contribution in [1.29, 1.82) is 0 Å². The molecule has 1 saturated heterocycles. The summed E-state index contributed by atoms with van der Waals surface area (Å²) in [5.74, 6) is 0.142. The Morgan fingerprint density at radius 1 is 1.58 bits per heavy atom. The summed E-state index contributed by atoms with van der Waals surface area (Å²) in [6.07, 6.45) is 2.67. The van der Waals surface area contributed by atoms with Gasteiger partial charge in [-0.15, -0.1) is 0 Å². The second-order valence-electron chi connectivity index (χ2n) is 5.02. The molecule has 3 N–H and O–H groups in total. The van der Waals surface area contributed by atoms with Crippen LogP contribution < -0.4 is 5.73 Å². The van der Waals surface area contributed by atoms with Crippen molar-refractivity contribution >= 4 is 5.84 Å². The van der Waals surface area contributed by atoms with Crippen LogP contribution in [0.3, 0.4) is 0 Å². The van der Waals surface area contributed by atoms with Gasteiger partial charge in [-0.25, -0.2) is 0 Å². The van der Waals surface area contributed by atoms with E-state index >= 15 is 0 Å². The Morgan fingerprint density at radius 3 is 3.11 bits per heavy atom. The average molecular weight is 263 g/mol. The number of hydrogen-bond acceptors (Lipinski definition) is 4. The van der Waals surface area contributed by atoms with Gasteiger partial charge >= 0.3 is 0 Å². The topological polar surface area (TPSA) is 71.1 Å². The predicted molar refractivity (Wildman–Crippen MR) is 74.3 cm³/mol. The highest BCUT2D eigenvalue weighted by Gasteiger charge is 2.17. The van der Waals surface area contributed by atoms with Crippen molar-refractivity contribution in [2.45, 2.75) is 25.5 Å². The van der Waals surface area contributed by atoms with Crippen LogP contribution >= 0.6 is 0 Å². The van der Waals surface area contributed by atoms with Gasteiger partial charge in [-0.1, -0.05) is 23.4 Å². The van der Waals surface area contributed by atoms with Crippen molar-refractivity contribution in [3.63, 3.8) is 0 Å². The van der Waals surface area contributed by atoms with Gasteiger partial charge in [-0.3, -0.25) is 4.90 Å². The third kappa shape index (κ3) is 3.94. The predicted octanol–water partition coefficient (Wildman–Crippen LogP) is 1.39. The van der Waals surface area contributed by atoms with Crippen LogP contribution in [-0.4, -0.2) is 42.2 Å². The van der Waals surface area contributed by atoms with E-state index in [1.807, 2.05) is 24.3 Å². The molecule has 0 aromatic heterocycles. The van der Waals surface area contributed by atoms with Gasteiger partial charge in [0.2, 0.25) is 0 Å². The van der Waals surface area contributed by atoms with E-state index in [0.717, 1.165) is 43.7 Å². The summed E-state index contributed by atoms with van der Waals surface area (Å²) in [4.78, 5) is 2.24. The van der Waals surface area contributed by atoms with E-state index < -0.39 is 0 Å². The number of hydrogen-bond donors (Lipinski definition) is 2. The summed E-state index contributed by atoms with van der Waals surface area (Å²) in [7, 11) is 2.08. The molecular formula is C14H21N3O2. The van der Waals surface area contributed by atoms with E-state index in [2.05, 4.69) is 17.1 Å². The number of likely N-dealkylation sites (N-methyl/N-ethyl adjacent to an activating group) is 1. The lowest BCUT2D eigenvalue weighted by Gasteiger charge is -2.20. The molecule has 0 radical (unpaired) electrons. The lowest BCUT2D eigenvalue weighted by molar-refractivity contribution is 0.0793. The SMILES string of the molecule is CN(Cc1cccc(C(N)=NO)c1)CC1CCCO1. The van der Waals surface area contributed by atoms with Gasteiger partial charge in [0.15, 0.2) is 5.84 Å². The first-order valence-electron chi connectivity index (χ1n) is 6.56. The Balaban J connectivity index is 1.94. The summed E-state index contributed by atoms with van der Waals surface area (Å²) in [5.41, 5.74) is 7.48. The fraction of sp³-hybridized carbons (Fsp3) is 0.500. The minimum Gasteiger partial charge on any atom is -0.409 e. The van der Waals surface area contributed by atoms with Gasteiger partial charge in [0, 0.05) is 25.3 Å². The summed E-state index contributed by atoms with van der Waals surface area (Å²) in [6, 6.07) is 7.74. The van der Waals surface area contributed by atoms with Gasteiger partial charge in [0.25, 0.3) is 0 Å². The molecule has 1 aliphatic rings. The van der Waals surface area contributed by atoms with Crippen LogP contribution in [0.1, 0.15) is 24.0 Å². The molecule has 2 rings (SSSR count). The maximum atomic E-state index is 8.69. The maximum Gasteiger partial charge on any atom is 0.170 e. The van der Waals surface area contributed by atoms with Crippen molar-refractivity contribution in [3.05, 3.63) is 35.4 Å². The third-order valence-corrected chi connectivity index (χ3v) is 3.32. The van der Waals surface area contributed by atoms with Gasteiger partial charge in [0.05, 0.1) is 6.10 Å². The van der Waals surface area contributed by atoms with E-state index in [0.29, 0.717) is 6.10 Å².